The molecule has 5 nitrogen and oxygen atoms in total. The van der Waals surface area contributed by atoms with E-state index in [4.69, 9.17) is 0 Å². The lowest BCUT2D eigenvalue weighted by molar-refractivity contribution is 0.101. The van der Waals surface area contributed by atoms with Crippen molar-refractivity contribution in [3.63, 3.8) is 0 Å². The monoisotopic (exact) mass is 336 g/mol. The maximum Gasteiger partial charge on any atom is 0.320 e. The van der Waals surface area contributed by atoms with Gasteiger partial charge in [-0.2, -0.15) is 0 Å². The van der Waals surface area contributed by atoms with Gasteiger partial charge in [-0.1, -0.05) is 30.3 Å². The molecule has 0 bridgehead atoms. The molecule has 0 radical (unpaired) electrons. The number of carbonyl (C=O) groups excluding carboxylic acids is 1. The van der Waals surface area contributed by atoms with Gasteiger partial charge in [0.1, 0.15) is 0 Å². The lowest BCUT2D eigenvalue weighted by Crippen LogP contribution is -2.50. The third kappa shape index (κ3) is 3.68. The van der Waals surface area contributed by atoms with Crippen LogP contribution in [0.15, 0.2) is 30.3 Å². The molecule has 0 N–H and O–H groups in total. The molecule has 0 aliphatic carbocycles. The van der Waals surface area contributed by atoms with Gasteiger partial charge in [0.05, 0.1) is 11.5 Å². The number of piperidine rings is 1. The summed E-state index contributed by atoms with van der Waals surface area (Å²) < 4.78 is 23.7. The van der Waals surface area contributed by atoms with Crippen molar-refractivity contribution in [2.24, 2.45) is 5.41 Å². The van der Waals surface area contributed by atoms with E-state index >= 15 is 0 Å². The molecule has 6 heteroatoms. The van der Waals surface area contributed by atoms with Crippen molar-refractivity contribution >= 4 is 15.9 Å². The number of sulfone groups is 1. The van der Waals surface area contributed by atoms with Crippen LogP contribution in [0.1, 0.15) is 24.8 Å². The van der Waals surface area contributed by atoms with Crippen LogP contribution in [0.25, 0.3) is 0 Å². The normalized spacial score (nSPS) is 26.4. The van der Waals surface area contributed by atoms with Gasteiger partial charge in [-0.15, -0.1) is 0 Å². The number of carbonyl (C=O) groups is 1. The Morgan fingerprint density at radius 2 is 2.00 bits per heavy atom. The minimum absolute atomic E-state index is 0.00257. The molecule has 0 aromatic heterocycles. The molecular weight excluding hydrogens is 312 g/mol. The van der Waals surface area contributed by atoms with E-state index in [1.165, 1.54) is 0 Å². The van der Waals surface area contributed by atoms with Crippen molar-refractivity contribution in [2.45, 2.75) is 25.8 Å². The summed E-state index contributed by atoms with van der Waals surface area (Å²) >= 11 is 0. The third-order valence-electron chi connectivity index (χ3n) is 4.99. The van der Waals surface area contributed by atoms with Crippen LogP contribution >= 0.6 is 0 Å². The lowest BCUT2D eigenvalue weighted by Gasteiger charge is -2.41. The first kappa shape index (κ1) is 16.3. The number of amides is 2. The summed E-state index contributed by atoms with van der Waals surface area (Å²) in [5, 5.41) is 0. The first-order chi connectivity index (χ1) is 10.9. The summed E-state index contributed by atoms with van der Waals surface area (Å²) in [5.41, 5.74) is 0.888. The van der Waals surface area contributed by atoms with Crippen molar-refractivity contribution in [3.05, 3.63) is 35.9 Å². The molecule has 1 aromatic carbocycles. The molecular formula is C17H24N2O3S. The fourth-order valence-corrected chi connectivity index (χ4v) is 6.04. The zero-order valence-corrected chi connectivity index (χ0v) is 14.4. The molecule has 126 valence electrons. The van der Waals surface area contributed by atoms with Crippen LogP contribution in [-0.2, 0) is 16.4 Å². The molecule has 3 rings (SSSR count). The Labute approximate surface area is 138 Å². The van der Waals surface area contributed by atoms with E-state index in [-0.39, 0.29) is 23.0 Å². The minimum atomic E-state index is -2.92. The van der Waals surface area contributed by atoms with E-state index in [9.17, 15) is 13.2 Å². The Morgan fingerprint density at radius 1 is 1.26 bits per heavy atom. The third-order valence-corrected chi connectivity index (χ3v) is 6.87. The summed E-state index contributed by atoms with van der Waals surface area (Å²) in [6.45, 7) is 1.87. The summed E-state index contributed by atoms with van der Waals surface area (Å²) in [6, 6.07) is 9.90. The molecule has 2 amide bonds. The Balaban J connectivity index is 1.65. The van der Waals surface area contributed by atoms with Crippen LogP contribution in [0.5, 0.6) is 0 Å². The maximum atomic E-state index is 12.7. The number of rotatable bonds is 2. The molecule has 2 aliphatic rings. The van der Waals surface area contributed by atoms with E-state index < -0.39 is 9.84 Å². The number of likely N-dealkylation sites (tertiary alicyclic amines) is 1. The quantitative estimate of drug-likeness (QED) is 0.831. The smallest absolute Gasteiger partial charge is 0.320 e. The minimum Gasteiger partial charge on any atom is -0.324 e. The van der Waals surface area contributed by atoms with Gasteiger partial charge in [-0.05, 0) is 24.8 Å². The number of hydrogen-bond acceptors (Lipinski definition) is 3. The average Bonchev–Trinajstić information content (AvgIpc) is 2.82. The number of nitrogens with zero attached hydrogens (tertiary/aromatic N) is 2. The van der Waals surface area contributed by atoms with Crippen LogP contribution < -0.4 is 0 Å². The number of urea groups is 1. The molecule has 1 atom stereocenters. The molecule has 23 heavy (non-hydrogen) atoms. The fourth-order valence-electron chi connectivity index (χ4n) is 3.84. The lowest BCUT2D eigenvalue weighted by atomic mass is 9.80. The molecule has 2 fully saturated rings. The maximum absolute atomic E-state index is 12.7. The van der Waals surface area contributed by atoms with Crippen LogP contribution in [0.3, 0.4) is 0 Å². The highest BCUT2D eigenvalue weighted by molar-refractivity contribution is 7.91. The second kappa shape index (κ2) is 6.15. The second-order valence-electron chi connectivity index (χ2n) is 6.99. The van der Waals surface area contributed by atoms with E-state index in [2.05, 4.69) is 0 Å². The highest BCUT2D eigenvalue weighted by atomic mass is 32.2. The predicted molar refractivity (Wildman–Crippen MR) is 89.8 cm³/mol. The van der Waals surface area contributed by atoms with Crippen LogP contribution in [0.2, 0.25) is 0 Å². The van der Waals surface area contributed by atoms with Crippen molar-refractivity contribution < 1.29 is 13.2 Å². The molecule has 2 heterocycles. The van der Waals surface area contributed by atoms with Crippen LogP contribution in [0.4, 0.5) is 4.79 Å². The van der Waals surface area contributed by atoms with Gasteiger partial charge in [0.15, 0.2) is 9.84 Å². The van der Waals surface area contributed by atoms with Gasteiger partial charge in [-0.3, -0.25) is 0 Å². The number of benzene rings is 1. The summed E-state index contributed by atoms with van der Waals surface area (Å²) in [7, 11) is -1.12. The van der Waals surface area contributed by atoms with Gasteiger partial charge < -0.3 is 9.80 Å². The van der Waals surface area contributed by atoms with Gasteiger partial charge in [0, 0.05) is 32.1 Å². The van der Waals surface area contributed by atoms with E-state index in [0.29, 0.717) is 19.5 Å². The van der Waals surface area contributed by atoms with Crippen molar-refractivity contribution in [1.82, 2.24) is 9.80 Å². The molecule has 2 aliphatic heterocycles. The molecule has 2 saturated heterocycles. The molecule has 1 spiro atoms. The average molecular weight is 336 g/mol. The summed E-state index contributed by atoms with van der Waals surface area (Å²) in [5.74, 6) is 0.515. The fraction of sp³-hybridized carbons (Fsp3) is 0.588. The van der Waals surface area contributed by atoms with Gasteiger partial charge in [0.2, 0.25) is 0 Å². The molecule has 0 saturated carbocycles. The topological polar surface area (TPSA) is 57.7 Å². The van der Waals surface area contributed by atoms with Crippen LogP contribution in [0, 0.1) is 5.41 Å². The summed E-state index contributed by atoms with van der Waals surface area (Å²) in [4.78, 5) is 16.3. The van der Waals surface area contributed by atoms with Gasteiger partial charge >= 0.3 is 6.03 Å². The predicted octanol–water partition coefficient (Wildman–Crippen LogP) is 2.14. The van der Waals surface area contributed by atoms with Crippen molar-refractivity contribution in [3.8, 4) is 0 Å². The van der Waals surface area contributed by atoms with Crippen LogP contribution in [-0.4, -0.2) is 55.9 Å². The summed E-state index contributed by atoms with van der Waals surface area (Å²) in [6.07, 6.45) is 2.50. The molecule has 1 aromatic rings. The first-order valence-electron chi connectivity index (χ1n) is 8.14. The number of hydrogen-bond donors (Lipinski definition) is 0. The van der Waals surface area contributed by atoms with Gasteiger partial charge in [-0.25, -0.2) is 13.2 Å². The standard InChI is InChI=1S/C17H24N2O3S/c1-18(12-15-6-3-2-4-7-15)16(20)19-10-5-8-17(13-19)9-11-23(21,22)14-17/h2-4,6-7H,5,8-14H2,1H3. The Kier molecular flexibility index (Phi) is 4.36. The van der Waals surface area contributed by atoms with Crippen molar-refractivity contribution in [2.75, 3.05) is 31.6 Å². The first-order valence-corrected chi connectivity index (χ1v) is 9.96. The SMILES string of the molecule is CN(Cc1ccccc1)C(=O)N1CCCC2(CCS(=O)(=O)C2)C1. The zero-order valence-electron chi connectivity index (χ0n) is 13.6. The molecule has 1 unspecified atom stereocenters. The van der Waals surface area contributed by atoms with Gasteiger partial charge in [0.25, 0.3) is 0 Å². The second-order valence-corrected chi connectivity index (χ2v) is 9.18. The van der Waals surface area contributed by atoms with E-state index in [1.54, 1.807) is 4.90 Å². The van der Waals surface area contributed by atoms with E-state index in [1.807, 2.05) is 42.3 Å². The highest BCUT2D eigenvalue weighted by Gasteiger charge is 2.45. The Morgan fingerprint density at radius 3 is 2.65 bits per heavy atom. The van der Waals surface area contributed by atoms with Crippen molar-refractivity contribution in [1.29, 1.82) is 0 Å². The highest BCUT2D eigenvalue weighted by Crippen LogP contribution is 2.40. The Bertz CT molecular complexity index is 674. The largest absolute Gasteiger partial charge is 0.324 e. The van der Waals surface area contributed by atoms with E-state index in [0.717, 1.165) is 24.9 Å². The Hall–Kier alpha value is -1.56. The zero-order chi connectivity index (χ0) is 16.5.